The summed E-state index contributed by atoms with van der Waals surface area (Å²) in [5.74, 6) is 1.72. The molecule has 6 nitrogen and oxygen atoms in total. The third kappa shape index (κ3) is 5.13. The van der Waals surface area contributed by atoms with E-state index in [0.717, 1.165) is 22.8 Å². The van der Waals surface area contributed by atoms with Crippen molar-refractivity contribution in [3.63, 3.8) is 0 Å². The molecule has 0 fully saturated rings. The van der Waals surface area contributed by atoms with Crippen LogP contribution in [-0.2, 0) is 11.3 Å². The summed E-state index contributed by atoms with van der Waals surface area (Å²) in [6, 6.07) is 17.4. The Morgan fingerprint density at radius 1 is 1.14 bits per heavy atom. The average Bonchev–Trinajstić information content (AvgIpc) is 3.12. The lowest BCUT2D eigenvalue weighted by Gasteiger charge is -2.15. The second-order valence-electron chi connectivity index (χ2n) is 6.36. The Morgan fingerprint density at radius 2 is 1.86 bits per heavy atom. The molecular weight excluding hydrogens is 372 g/mol. The van der Waals surface area contributed by atoms with E-state index >= 15 is 0 Å². The fourth-order valence-corrected chi connectivity index (χ4v) is 3.53. The highest BCUT2D eigenvalue weighted by atomic mass is 32.2. The number of carbonyl (C=O) groups excluding carboxylic acids is 1. The van der Waals surface area contributed by atoms with Crippen molar-refractivity contribution in [1.29, 1.82) is 0 Å². The molecule has 0 saturated carbocycles. The van der Waals surface area contributed by atoms with Gasteiger partial charge >= 0.3 is 0 Å². The van der Waals surface area contributed by atoms with E-state index in [2.05, 4.69) is 15.5 Å². The molecule has 1 heterocycles. The third-order valence-electron chi connectivity index (χ3n) is 4.15. The number of benzene rings is 2. The van der Waals surface area contributed by atoms with Crippen LogP contribution < -0.4 is 10.1 Å². The lowest BCUT2D eigenvalue weighted by atomic mass is 10.2. The molecule has 0 aliphatic heterocycles. The summed E-state index contributed by atoms with van der Waals surface area (Å²) in [7, 11) is 0. The van der Waals surface area contributed by atoms with Crippen LogP contribution in [0.1, 0.15) is 31.3 Å². The minimum Gasteiger partial charge on any atom is -0.483 e. The predicted octanol–water partition coefficient (Wildman–Crippen LogP) is 4.48. The topological polar surface area (TPSA) is 69.0 Å². The molecular formula is C21H24N4O2S. The Hall–Kier alpha value is -2.80. The number of ether oxygens (including phenoxy) is 1. The number of thioether (sulfide) groups is 1. The van der Waals surface area contributed by atoms with Crippen molar-refractivity contribution in [2.45, 2.75) is 38.6 Å². The molecule has 0 saturated heterocycles. The molecule has 2 aromatic carbocycles. The number of hydrogen-bond acceptors (Lipinski definition) is 5. The molecule has 0 aliphatic rings. The Morgan fingerprint density at radius 3 is 2.54 bits per heavy atom. The molecule has 3 rings (SSSR count). The highest BCUT2D eigenvalue weighted by Crippen LogP contribution is 2.24. The molecule has 146 valence electrons. The molecule has 1 atom stereocenters. The molecule has 1 aromatic heterocycles. The zero-order valence-electron chi connectivity index (χ0n) is 16.3. The van der Waals surface area contributed by atoms with Crippen LogP contribution >= 0.6 is 11.8 Å². The van der Waals surface area contributed by atoms with Gasteiger partial charge in [0, 0.05) is 12.2 Å². The van der Waals surface area contributed by atoms with E-state index < -0.39 is 0 Å². The maximum Gasteiger partial charge on any atom is 0.234 e. The molecule has 3 aromatic rings. The first kappa shape index (κ1) is 19.9. The van der Waals surface area contributed by atoms with Gasteiger partial charge in [-0.05, 0) is 45.0 Å². The van der Waals surface area contributed by atoms with Crippen molar-refractivity contribution in [3.05, 3.63) is 66.0 Å². The molecule has 7 heteroatoms. The zero-order chi connectivity index (χ0) is 19.9. The Bertz CT molecular complexity index is 910. The van der Waals surface area contributed by atoms with E-state index in [1.165, 1.54) is 11.8 Å². The number of nitrogens with zero attached hydrogens (tertiary/aromatic N) is 3. The number of nitrogens with one attached hydrogen (secondary N) is 1. The van der Waals surface area contributed by atoms with Gasteiger partial charge in [0.15, 0.2) is 17.1 Å². The molecule has 0 unspecified atom stereocenters. The van der Waals surface area contributed by atoms with Gasteiger partial charge in [-0.1, -0.05) is 47.7 Å². The normalized spacial score (nSPS) is 11.8. The van der Waals surface area contributed by atoms with Crippen molar-refractivity contribution in [2.24, 2.45) is 0 Å². The molecule has 0 aliphatic carbocycles. The second-order valence-corrected chi connectivity index (χ2v) is 7.30. The van der Waals surface area contributed by atoms with Crippen molar-refractivity contribution >= 4 is 23.4 Å². The lowest BCUT2D eigenvalue weighted by molar-refractivity contribution is -0.113. The van der Waals surface area contributed by atoms with E-state index in [4.69, 9.17) is 4.74 Å². The number of hydrogen-bond donors (Lipinski definition) is 1. The van der Waals surface area contributed by atoms with Crippen molar-refractivity contribution in [1.82, 2.24) is 14.8 Å². The monoisotopic (exact) mass is 396 g/mol. The molecule has 0 spiro atoms. The third-order valence-corrected chi connectivity index (χ3v) is 5.12. The van der Waals surface area contributed by atoms with Gasteiger partial charge in [-0.2, -0.15) is 0 Å². The van der Waals surface area contributed by atoms with Crippen LogP contribution in [0.15, 0.2) is 59.8 Å². The Labute approximate surface area is 169 Å². The zero-order valence-corrected chi connectivity index (χ0v) is 17.1. The van der Waals surface area contributed by atoms with Gasteiger partial charge in [0.1, 0.15) is 5.75 Å². The minimum absolute atomic E-state index is 0.0744. The van der Waals surface area contributed by atoms with E-state index in [0.29, 0.717) is 11.7 Å². The van der Waals surface area contributed by atoms with Gasteiger partial charge in [-0.15, -0.1) is 10.2 Å². The van der Waals surface area contributed by atoms with Crippen molar-refractivity contribution < 1.29 is 9.53 Å². The van der Waals surface area contributed by atoms with E-state index in [1.807, 2.05) is 79.9 Å². The van der Waals surface area contributed by atoms with Crippen molar-refractivity contribution in [2.75, 3.05) is 11.1 Å². The molecule has 0 bridgehead atoms. The second kappa shape index (κ2) is 9.41. The molecule has 28 heavy (non-hydrogen) atoms. The van der Waals surface area contributed by atoms with Gasteiger partial charge < -0.3 is 14.6 Å². The minimum atomic E-state index is -0.245. The van der Waals surface area contributed by atoms with Crippen LogP contribution in [-0.4, -0.2) is 26.4 Å². The van der Waals surface area contributed by atoms with Gasteiger partial charge in [0.05, 0.1) is 5.75 Å². The van der Waals surface area contributed by atoms with Crippen LogP contribution in [0.4, 0.5) is 5.69 Å². The summed E-state index contributed by atoms with van der Waals surface area (Å²) >= 11 is 1.37. The summed E-state index contributed by atoms with van der Waals surface area (Å²) in [6.45, 7) is 6.69. The predicted molar refractivity (Wildman–Crippen MR) is 112 cm³/mol. The molecule has 1 amide bonds. The van der Waals surface area contributed by atoms with Crippen LogP contribution in [0.5, 0.6) is 5.75 Å². The smallest absolute Gasteiger partial charge is 0.234 e. The van der Waals surface area contributed by atoms with Gasteiger partial charge in [-0.25, -0.2) is 0 Å². The fourth-order valence-electron chi connectivity index (χ4n) is 2.72. The number of amides is 1. The maximum absolute atomic E-state index is 12.2. The number of anilines is 1. The number of rotatable bonds is 8. The SMILES string of the molecule is CCn1c(SCC(=O)Nc2ccc(C)cc2)nnc1[C@@H](C)Oc1ccccc1. The first-order valence-corrected chi connectivity index (χ1v) is 10.2. The average molecular weight is 397 g/mol. The van der Waals surface area contributed by atoms with E-state index in [9.17, 15) is 4.79 Å². The van der Waals surface area contributed by atoms with Crippen LogP contribution in [0.3, 0.4) is 0 Å². The first-order chi connectivity index (χ1) is 13.6. The highest BCUT2D eigenvalue weighted by Gasteiger charge is 2.19. The van der Waals surface area contributed by atoms with Crippen molar-refractivity contribution in [3.8, 4) is 5.75 Å². The Kier molecular flexibility index (Phi) is 6.71. The first-order valence-electron chi connectivity index (χ1n) is 9.21. The lowest BCUT2D eigenvalue weighted by Crippen LogP contribution is -2.15. The number of para-hydroxylation sites is 1. The molecule has 1 N–H and O–H groups in total. The largest absolute Gasteiger partial charge is 0.483 e. The van der Waals surface area contributed by atoms with Gasteiger partial charge in [0.25, 0.3) is 0 Å². The van der Waals surface area contributed by atoms with E-state index in [-0.39, 0.29) is 17.8 Å². The summed E-state index contributed by atoms with van der Waals surface area (Å²) in [5, 5.41) is 12.2. The van der Waals surface area contributed by atoms with E-state index in [1.54, 1.807) is 0 Å². The standard InChI is InChI=1S/C21H24N4O2S/c1-4-25-20(16(3)27-18-8-6-5-7-9-18)23-24-21(25)28-14-19(26)22-17-12-10-15(2)11-13-17/h5-13,16H,4,14H2,1-3H3,(H,22,26)/t16-/m1/s1. The number of carbonyl (C=O) groups is 1. The summed E-state index contributed by atoms with van der Waals surface area (Å²) in [6.07, 6.45) is -0.245. The molecule has 0 radical (unpaired) electrons. The van der Waals surface area contributed by atoms with Gasteiger partial charge in [0.2, 0.25) is 5.91 Å². The summed E-state index contributed by atoms with van der Waals surface area (Å²) < 4.78 is 7.94. The van der Waals surface area contributed by atoms with Gasteiger partial charge in [-0.3, -0.25) is 4.79 Å². The maximum atomic E-state index is 12.2. The van der Waals surface area contributed by atoms with Crippen LogP contribution in [0, 0.1) is 6.92 Å². The summed E-state index contributed by atoms with van der Waals surface area (Å²) in [4.78, 5) is 12.2. The Balaban J connectivity index is 1.61. The van der Waals surface area contributed by atoms with Crippen LogP contribution in [0.25, 0.3) is 0 Å². The quantitative estimate of drug-likeness (QED) is 0.569. The highest BCUT2D eigenvalue weighted by molar-refractivity contribution is 7.99. The number of aryl methyl sites for hydroxylation is 1. The summed E-state index contributed by atoms with van der Waals surface area (Å²) in [5.41, 5.74) is 1.95. The van der Waals surface area contributed by atoms with Crippen LogP contribution in [0.2, 0.25) is 0 Å². The number of aromatic nitrogens is 3. The fraction of sp³-hybridized carbons (Fsp3) is 0.286.